The highest BCUT2D eigenvalue weighted by Gasteiger charge is 2.45. The van der Waals surface area contributed by atoms with Gasteiger partial charge in [0, 0.05) is 13.1 Å². The number of rotatable bonds is 4. The molecule has 0 spiro atoms. The molecule has 1 aliphatic rings. The summed E-state index contributed by atoms with van der Waals surface area (Å²) in [4.78, 5) is 14.7. The van der Waals surface area contributed by atoms with Gasteiger partial charge in [0.1, 0.15) is 5.41 Å². The summed E-state index contributed by atoms with van der Waals surface area (Å²) < 4.78 is 0. The van der Waals surface area contributed by atoms with Crippen molar-refractivity contribution in [2.24, 2.45) is 27.6 Å². The van der Waals surface area contributed by atoms with Crippen LogP contribution in [0.1, 0.15) is 53.9 Å². The van der Waals surface area contributed by atoms with Gasteiger partial charge in [-0.05, 0) is 30.6 Å². The highest BCUT2D eigenvalue weighted by molar-refractivity contribution is 6.06. The van der Waals surface area contributed by atoms with Crippen molar-refractivity contribution in [1.29, 1.82) is 0 Å². The minimum absolute atomic E-state index is 0.00421. The molecule has 1 heterocycles. The molecule has 5 heteroatoms. The van der Waals surface area contributed by atoms with Gasteiger partial charge in [-0.15, -0.1) is 0 Å². The Labute approximate surface area is 122 Å². The molecule has 0 radical (unpaired) electrons. The maximum Gasteiger partial charge on any atom is 0.236 e. The van der Waals surface area contributed by atoms with E-state index in [4.69, 9.17) is 10.9 Å². The van der Waals surface area contributed by atoms with E-state index < -0.39 is 5.41 Å². The Bertz CT molecular complexity index is 381. The molecule has 0 bridgehead atoms. The predicted molar refractivity (Wildman–Crippen MR) is 80.6 cm³/mol. The molecule has 1 saturated heterocycles. The molecule has 116 valence electrons. The van der Waals surface area contributed by atoms with Crippen molar-refractivity contribution in [3.05, 3.63) is 0 Å². The number of amidine groups is 1. The van der Waals surface area contributed by atoms with Crippen LogP contribution in [-0.2, 0) is 4.79 Å². The number of amides is 1. The van der Waals surface area contributed by atoms with Gasteiger partial charge in [0.2, 0.25) is 5.91 Å². The summed E-state index contributed by atoms with van der Waals surface area (Å²) in [5.74, 6) is 0.543. The maximum atomic E-state index is 12.9. The molecular weight excluding hydrogens is 254 g/mol. The van der Waals surface area contributed by atoms with Gasteiger partial charge >= 0.3 is 0 Å². The fraction of sp³-hybridized carbons (Fsp3) is 0.867. The van der Waals surface area contributed by atoms with Crippen molar-refractivity contribution in [2.75, 3.05) is 13.1 Å². The number of nitrogens with zero attached hydrogens (tertiary/aromatic N) is 2. The first-order chi connectivity index (χ1) is 9.22. The minimum Gasteiger partial charge on any atom is -0.409 e. The molecule has 0 aromatic rings. The monoisotopic (exact) mass is 283 g/mol. The Hall–Kier alpha value is -1.26. The summed E-state index contributed by atoms with van der Waals surface area (Å²) in [5, 5.41) is 12.1. The third-order valence-electron chi connectivity index (χ3n) is 4.91. The maximum absolute atomic E-state index is 12.9. The summed E-state index contributed by atoms with van der Waals surface area (Å²) in [6.45, 7) is 12.0. The first-order valence-electron chi connectivity index (χ1n) is 7.50. The summed E-state index contributed by atoms with van der Waals surface area (Å²) >= 11 is 0. The van der Waals surface area contributed by atoms with E-state index in [0.29, 0.717) is 18.8 Å². The third kappa shape index (κ3) is 2.91. The van der Waals surface area contributed by atoms with Crippen LogP contribution in [0.5, 0.6) is 0 Å². The van der Waals surface area contributed by atoms with Crippen LogP contribution in [0.25, 0.3) is 0 Å². The van der Waals surface area contributed by atoms with E-state index in [1.54, 1.807) is 0 Å². The fourth-order valence-corrected chi connectivity index (χ4v) is 3.07. The first-order valence-corrected chi connectivity index (χ1v) is 7.50. The van der Waals surface area contributed by atoms with E-state index in [9.17, 15) is 4.79 Å². The molecule has 1 amide bonds. The topological polar surface area (TPSA) is 78.9 Å². The number of carbonyl (C=O) groups is 1. The van der Waals surface area contributed by atoms with E-state index in [-0.39, 0.29) is 17.2 Å². The van der Waals surface area contributed by atoms with Crippen LogP contribution >= 0.6 is 0 Å². The van der Waals surface area contributed by atoms with Crippen molar-refractivity contribution in [2.45, 2.75) is 53.9 Å². The van der Waals surface area contributed by atoms with Crippen LogP contribution in [0.2, 0.25) is 0 Å². The Morgan fingerprint density at radius 1 is 1.35 bits per heavy atom. The largest absolute Gasteiger partial charge is 0.409 e. The molecule has 0 aliphatic carbocycles. The van der Waals surface area contributed by atoms with Crippen LogP contribution in [0, 0.1) is 16.7 Å². The van der Waals surface area contributed by atoms with Crippen LogP contribution in [0.15, 0.2) is 5.16 Å². The molecule has 1 rings (SSSR count). The van der Waals surface area contributed by atoms with Gasteiger partial charge in [-0.3, -0.25) is 4.79 Å². The molecule has 20 heavy (non-hydrogen) atoms. The molecule has 1 fully saturated rings. The van der Waals surface area contributed by atoms with Gasteiger partial charge in [0.05, 0.1) is 0 Å². The van der Waals surface area contributed by atoms with Gasteiger partial charge in [0.25, 0.3) is 0 Å². The highest BCUT2D eigenvalue weighted by Crippen LogP contribution is 2.37. The van der Waals surface area contributed by atoms with E-state index >= 15 is 0 Å². The number of nitrogens with two attached hydrogens (primary N) is 1. The zero-order chi connectivity index (χ0) is 15.6. The second-order valence-electron chi connectivity index (χ2n) is 6.88. The Balaban J connectivity index is 2.94. The lowest BCUT2D eigenvalue weighted by Gasteiger charge is -2.34. The average Bonchev–Trinajstić information content (AvgIpc) is 2.89. The molecular formula is C15H29N3O2. The number of hydrogen-bond acceptors (Lipinski definition) is 3. The minimum atomic E-state index is -0.860. The summed E-state index contributed by atoms with van der Waals surface area (Å²) in [5.41, 5.74) is 5.16. The van der Waals surface area contributed by atoms with Gasteiger partial charge in [-0.2, -0.15) is 0 Å². The van der Waals surface area contributed by atoms with Crippen molar-refractivity contribution < 1.29 is 10.0 Å². The standard InChI is InChI=1S/C15H29N3O2/c1-6-15(7-2,12(16)17-20)13(19)18-9-8-11(10-18)14(3,4)5/h11,20H,6-10H2,1-5H3,(H2,16,17). The van der Waals surface area contributed by atoms with Gasteiger partial charge < -0.3 is 15.8 Å². The predicted octanol–water partition coefficient (Wildman–Crippen LogP) is 2.43. The van der Waals surface area contributed by atoms with Crippen molar-refractivity contribution >= 4 is 11.7 Å². The molecule has 0 aromatic heterocycles. The molecule has 1 unspecified atom stereocenters. The lowest BCUT2D eigenvalue weighted by molar-refractivity contribution is -0.138. The lowest BCUT2D eigenvalue weighted by atomic mass is 9.79. The van der Waals surface area contributed by atoms with Gasteiger partial charge in [-0.25, -0.2) is 0 Å². The zero-order valence-electron chi connectivity index (χ0n) is 13.4. The number of likely N-dealkylation sites (tertiary alicyclic amines) is 1. The number of carbonyl (C=O) groups excluding carboxylic acids is 1. The summed E-state index contributed by atoms with van der Waals surface area (Å²) in [6.07, 6.45) is 2.12. The van der Waals surface area contributed by atoms with Crippen LogP contribution in [0.4, 0.5) is 0 Å². The quantitative estimate of drug-likeness (QED) is 0.360. The fourth-order valence-electron chi connectivity index (χ4n) is 3.07. The van der Waals surface area contributed by atoms with Crippen LogP contribution in [-0.4, -0.2) is 34.9 Å². The second-order valence-corrected chi connectivity index (χ2v) is 6.88. The molecule has 3 N–H and O–H groups in total. The van der Waals surface area contributed by atoms with Crippen LogP contribution in [0.3, 0.4) is 0 Å². The number of oxime groups is 1. The zero-order valence-corrected chi connectivity index (χ0v) is 13.4. The van der Waals surface area contributed by atoms with Crippen molar-refractivity contribution in [3.63, 3.8) is 0 Å². The van der Waals surface area contributed by atoms with E-state index in [0.717, 1.165) is 19.5 Å². The molecule has 1 aliphatic heterocycles. The normalized spacial score (nSPS) is 21.4. The third-order valence-corrected chi connectivity index (χ3v) is 4.91. The summed E-state index contributed by atoms with van der Waals surface area (Å²) in [6, 6.07) is 0. The summed E-state index contributed by atoms with van der Waals surface area (Å²) in [7, 11) is 0. The Morgan fingerprint density at radius 3 is 2.25 bits per heavy atom. The lowest BCUT2D eigenvalue weighted by Crippen LogP contribution is -2.50. The molecule has 0 aromatic carbocycles. The van der Waals surface area contributed by atoms with E-state index in [2.05, 4.69) is 25.9 Å². The average molecular weight is 283 g/mol. The highest BCUT2D eigenvalue weighted by atomic mass is 16.4. The SMILES string of the molecule is CCC(CC)(C(=O)N1CCC(C(C)(C)C)C1)C(N)=NO. The molecule has 1 atom stereocenters. The molecule has 0 saturated carbocycles. The Morgan fingerprint density at radius 2 is 1.90 bits per heavy atom. The van der Waals surface area contributed by atoms with Crippen molar-refractivity contribution in [1.82, 2.24) is 4.90 Å². The second kappa shape index (κ2) is 6.02. The van der Waals surface area contributed by atoms with Gasteiger partial charge in [-0.1, -0.05) is 39.8 Å². The van der Waals surface area contributed by atoms with E-state index in [1.807, 2.05) is 18.7 Å². The van der Waals surface area contributed by atoms with Gasteiger partial charge in [0.15, 0.2) is 5.84 Å². The number of hydrogen-bond donors (Lipinski definition) is 2. The smallest absolute Gasteiger partial charge is 0.236 e. The molecule has 5 nitrogen and oxygen atoms in total. The Kier molecular flexibility index (Phi) is 5.05. The van der Waals surface area contributed by atoms with E-state index in [1.165, 1.54) is 0 Å². The van der Waals surface area contributed by atoms with Crippen LogP contribution < -0.4 is 5.73 Å². The first kappa shape index (κ1) is 16.8. The van der Waals surface area contributed by atoms with Crippen molar-refractivity contribution in [3.8, 4) is 0 Å².